The fourth-order valence-electron chi connectivity index (χ4n) is 2.09. The molecule has 0 bridgehead atoms. The second-order valence-corrected chi connectivity index (χ2v) is 4.83. The number of carbonyl (C=O) groups is 1. The molecule has 0 aromatic carbocycles. The van der Waals surface area contributed by atoms with Crippen LogP contribution in [0.4, 0.5) is 0 Å². The number of ether oxygens (including phenoxy) is 1. The molecule has 1 aromatic heterocycles. The number of aromatic nitrogens is 1. The van der Waals surface area contributed by atoms with E-state index in [9.17, 15) is 4.79 Å². The van der Waals surface area contributed by atoms with Crippen LogP contribution in [0.2, 0.25) is 0 Å². The summed E-state index contributed by atoms with van der Waals surface area (Å²) in [6, 6.07) is 3.57. The van der Waals surface area contributed by atoms with Gasteiger partial charge in [0.05, 0.1) is 6.20 Å². The summed E-state index contributed by atoms with van der Waals surface area (Å²) in [6.45, 7) is 7.40. The predicted molar refractivity (Wildman–Crippen MR) is 76.6 cm³/mol. The Hall–Kier alpha value is -1.66. The quantitative estimate of drug-likeness (QED) is 0.759. The maximum atomic E-state index is 11.9. The first kappa shape index (κ1) is 14.7. The van der Waals surface area contributed by atoms with Gasteiger partial charge in [0.1, 0.15) is 5.75 Å². The molecule has 1 fully saturated rings. The average Bonchev–Trinajstić information content (AvgIpc) is 2.49. The first-order valence-corrected chi connectivity index (χ1v) is 7.03. The maximum absolute atomic E-state index is 11.9. The Kier molecular flexibility index (Phi) is 5.76. The number of hydrogen-bond acceptors (Lipinski definition) is 5. The van der Waals surface area contributed by atoms with Crippen molar-refractivity contribution < 1.29 is 9.53 Å². The molecule has 0 spiro atoms. The van der Waals surface area contributed by atoms with Gasteiger partial charge in [-0.2, -0.15) is 0 Å². The van der Waals surface area contributed by atoms with Crippen molar-refractivity contribution in [2.75, 3.05) is 39.3 Å². The van der Waals surface area contributed by atoms with E-state index in [2.05, 4.69) is 20.5 Å². The topological polar surface area (TPSA) is 66.5 Å². The average molecular weight is 278 g/mol. The molecule has 2 rings (SSSR count). The molecular weight excluding hydrogens is 256 g/mol. The van der Waals surface area contributed by atoms with Gasteiger partial charge in [-0.05, 0) is 19.1 Å². The molecule has 6 nitrogen and oxygen atoms in total. The molecule has 1 saturated heterocycles. The Labute approximate surface area is 119 Å². The number of piperazine rings is 1. The molecule has 1 aliphatic rings. The van der Waals surface area contributed by atoms with Crippen molar-refractivity contribution in [3.05, 3.63) is 24.5 Å². The van der Waals surface area contributed by atoms with E-state index in [0.29, 0.717) is 12.3 Å². The minimum atomic E-state index is -0.512. The molecule has 2 N–H and O–H groups in total. The van der Waals surface area contributed by atoms with Crippen LogP contribution in [0.1, 0.15) is 6.92 Å². The minimum Gasteiger partial charge on any atom is -0.479 e. The van der Waals surface area contributed by atoms with Gasteiger partial charge in [-0.15, -0.1) is 0 Å². The van der Waals surface area contributed by atoms with Crippen LogP contribution in [0, 0.1) is 0 Å². The second kappa shape index (κ2) is 7.81. The van der Waals surface area contributed by atoms with Crippen LogP contribution in [0.3, 0.4) is 0 Å². The first-order chi connectivity index (χ1) is 9.75. The zero-order valence-electron chi connectivity index (χ0n) is 11.8. The third-order valence-corrected chi connectivity index (χ3v) is 3.25. The molecule has 20 heavy (non-hydrogen) atoms. The molecule has 0 aliphatic carbocycles. The zero-order valence-corrected chi connectivity index (χ0v) is 11.8. The van der Waals surface area contributed by atoms with E-state index in [0.717, 1.165) is 32.7 Å². The summed E-state index contributed by atoms with van der Waals surface area (Å²) in [5.74, 6) is 0.515. The van der Waals surface area contributed by atoms with Gasteiger partial charge in [-0.3, -0.25) is 14.7 Å². The number of rotatable bonds is 6. The van der Waals surface area contributed by atoms with Gasteiger partial charge in [-0.1, -0.05) is 0 Å². The van der Waals surface area contributed by atoms with Crippen molar-refractivity contribution in [3.63, 3.8) is 0 Å². The number of nitrogens with one attached hydrogen (secondary N) is 2. The predicted octanol–water partition coefficient (Wildman–Crippen LogP) is -0.130. The lowest BCUT2D eigenvalue weighted by atomic mass is 10.3. The third kappa shape index (κ3) is 4.79. The van der Waals surface area contributed by atoms with E-state index in [1.807, 2.05) is 0 Å². The van der Waals surface area contributed by atoms with Gasteiger partial charge in [0.2, 0.25) is 0 Å². The van der Waals surface area contributed by atoms with Crippen LogP contribution in [0.25, 0.3) is 0 Å². The number of nitrogens with zero attached hydrogens (tertiary/aromatic N) is 2. The molecule has 1 amide bonds. The van der Waals surface area contributed by atoms with Crippen molar-refractivity contribution in [2.24, 2.45) is 0 Å². The second-order valence-electron chi connectivity index (χ2n) is 4.83. The lowest BCUT2D eigenvalue weighted by Crippen LogP contribution is -2.47. The molecular formula is C14H22N4O2. The monoisotopic (exact) mass is 278 g/mol. The number of amides is 1. The number of hydrogen-bond donors (Lipinski definition) is 2. The van der Waals surface area contributed by atoms with Gasteiger partial charge < -0.3 is 15.4 Å². The Morgan fingerprint density at radius 3 is 3.05 bits per heavy atom. The summed E-state index contributed by atoms with van der Waals surface area (Å²) < 4.78 is 5.52. The smallest absolute Gasteiger partial charge is 0.260 e. The van der Waals surface area contributed by atoms with E-state index in [4.69, 9.17) is 4.74 Å². The fraction of sp³-hybridized carbons (Fsp3) is 0.571. The molecule has 1 atom stereocenters. The highest BCUT2D eigenvalue weighted by molar-refractivity contribution is 5.80. The van der Waals surface area contributed by atoms with Crippen molar-refractivity contribution in [2.45, 2.75) is 13.0 Å². The molecule has 110 valence electrons. The van der Waals surface area contributed by atoms with E-state index in [-0.39, 0.29) is 5.91 Å². The zero-order chi connectivity index (χ0) is 14.2. The first-order valence-electron chi connectivity index (χ1n) is 7.03. The molecule has 0 saturated carbocycles. The van der Waals surface area contributed by atoms with Gasteiger partial charge in [-0.25, -0.2) is 0 Å². The van der Waals surface area contributed by atoms with E-state index in [1.165, 1.54) is 0 Å². The van der Waals surface area contributed by atoms with Crippen molar-refractivity contribution >= 4 is 5.91 Å². The lowest BCUT2D eigenvalue weighted by Gasteiger charge is -2.27. The third-order valence-electron chi connectivity index (χ3n) is 3.25. The summed E-state index contributed by atoms with van der Waals surface area (Å²) >= 11 is 0. The Balaban J connectivity index is 1.66. The number of pyridine rings is 1. The summed E-state index contributed by atoms with van der Waals surface area (Å²) in [7, 11) is 0. The molecule has 0 radical (unpaired) electrons. The van der Waals surface area contributed by atoms with Crippen LogP contribution < -0.4 is 15.4 Å². The van der Waals surface area contributed by atoms with Gasteiger partial charge in [0, 0.05) is 45.5 Å². The molecule has 1 unspecified atom stereocenters. The molecule has 2 heterocycles. The van der Waals surface area contributed by atoms with Crippen molar-refractivity contribution in [3.8, 4) is 5.75 Å². The summed E-state index contributed by atoms with van der Waals surface area (Å²) in [6.07, 6.45) is 2.76. The van der Waals surface area contributed by atoms with Crippen LogP contribution in [0.5, 0.6) is 5.75 Å². The minimum absolute atomic E-state index is 0.0935. The Morgan fingerprint density at radius 1 is 1.55 bits per heavy atom. The van der Waals surface area contributed by atoms with E-state index >= 15 is 0 Å². The molecule has 6 heteroatoms. The van der Waals surface area contributed by atoms with Crippen LogP contribution in [0.15, 0.2) is 24.5 Å². The Bertz CT molecular complexity index is 407. The highest BCUT2D eigenvalue weighted by atomic mass is 16.5. The highest BCUT2D eigenvalue weighted by Gasteiger charge is 2.15. The van der Waals surface area contributed by atoms with E-state index < -0.39 is 6.10 Å². The number of carbonyl (C=O) groups excluding carboxylic acids is 1. The summed E-state index contributed by atoms with van der Waals surface area (Å²) in [5.41, 5.74) is 0. The van der Waals surface area contributed by atoms with Crippen LogP contribution in [-0.2, 0) is 4.79 Å². The standard InChI is InChI=1S/C14H22N4O2/c1-12(20-13-3-2-4-16-11-13)14(19)17-7-10-18-8-5-15-6-9-18/h2-4,11-12,15H,5-10H2,1H3,(H,17,19). The molecule has 1 aromatic rings. The maximum Gasteiger partial charge on any atom is 0.260 e. The van der Waals surface area contributed by atoms with Crippen molar-refractivity contribution in [1.82, 2.24) is 20.5 Å². The SMILES string of the molecule is CC(Oc1cccnc1)C(=O)NCCN1CCNCC1. The fourth-order valence-corrected chi connectivity index (χ4v) is 2.09. The summed E-state index contributed by atoms with van der Waals surface area (Å²) in [5, 5.41) is 6.21. The lowest BCUT2D eigenvalue weighted by molar-refractivity contribution is -0.127. The Morgan fingerprint density at radius 2 is 2.35 bits per heavy atom. The summed E-state index contributed by atoms with van der Waals surface area (Å²) in [4.78, 5) is 18.2. The van der Waals surface area contributed by atoms with Gasteiger partial charge in [0.15, 0.2) is 6.10 Å². The largest absolute Gasteiger partial charge is 0.479 e. The van der Waals surface area contributed by atoms with Crippen molar-refractivity contribution in [1.29, 1.82) is 0 Å². The van der Waals surface area contributed by atoms with Gasteiger partial charge >= 0.3 is 0 Å². The van der Waals surface area contributed by atoms with E-state index in [1.54, 1.807) is 31.5 Å². The van der Waals surface area contributed by atoms with Crippen LogP contribution in [-0.4, -0.2) is 61.2 Å². The van der Waals surface area contributed by atoms with Crippen LogP contribution >= 0.6 is 0 Å². The highest BCUT2D eigenvalue weighted by Crippen LogP contribution is 2.08. The molecule has 1 aliphatic heterocycles. The van der Waals surface area contributed by atoms with Gasteiger partial charge in [0.25, 0.3) is 5.91 Å². The normalized spacial score (nSPS) is 17.4.